The van der Waals surface area contributed by atoms with Crippen LogP contribution in [0.4, 0.5) is 0 Å². The summed E-state index contributed by atoms with van der Waals surface area (Å²) in [6.07, 6.45) is 0.863. The lowest BCUT2D eigenvalue weighted by Gasteiger charge is -2.02. The number of nitrogens with one attached hydrogen (secondary N) is 1. The molecule has 0 aromatic heterocycles. The average Bonchev–Trinajstić information content (AvgIpc) is 2.19. The number of rotatable bonds is 4. The molecule has 2 nitrogen and oxygen atoms in total. The van der Waals surface area contributed by atoms with Gasteiger partial charge in [-0.1, -0.05) is 43.0 Å². The van der Waals surface area contributed by atoms with E-state index < -0.39 is 0 Å². The van der Waals surface area contributed by atoms with Crippen LogP contribution in [-0.4, -0.2) is 18.2 Å². The molecule has 0 spiro atoms. The lowest BCUT2D eigenvalue weighted by molar-refractivity contribution is -0.118. The van der Waals surface area contributed by atoms with Crippen LogP contribution in [-0.2, 0) is 11.2 Å². The van der Waals surface area contributed by atoms with E-state index in [0.29, 0.717) is 6.54 Å². The smallest absolute Gasteiger partial charge is 0.230 e. The first-order valence-corrected chi connectivity index (χ1v) is 4.79. The van der Waals surface area contributed by atoms with E-state index in [1.165, 1.54) is 5.56 Å². The Kier molecular flexibility index (Phi) is 4.40. The zero-order valence-electron chi connectivity index (χ0n) is 7.32. The van der Waals surface area contributed by atoms with Gasteiger partial charge in [-0.25, -0.2) is 0 Å². The average molecular weight is 194 g/mol. The van der Waals surface area contributed by atoms with Crippen molar-refractivity contribution in [3.63, 3.8) is 0 Å². The summed E-state index contributed by atoms with van der Waals surface area (Å²) in [5.74, 6) is 0.0837. The van der Waals surface area contributed by atoms with Crippen molar-refractivity contribution in [3.05, 3.63) is 35.9 Å². The summed E-state index contributed by atoms with van der Waals surface area (Å²) in [7, 11) is 0. The van der Waals surface area contributed by atoms with Gasteiger partial charge < -0.3 is 5.32 Å². The van der Waals surface area contributed by atoms with Crippen LogP contribution in [0.3, 0.4) is 0 Å². The number of hydrogen-bond donors (Lipinski definition) is 1. The van der Waals surface area contributed by atoms with Gasteiger partial charge >= 0.3 is 0 Å². The van der Waals surface area contributed by atoms with Crippen LogP contribution in [0, 0.1) is 0 Å². The molecule has 1 amide bonds. The van der Waals surface area contributed by atoms with Gasteiger partial charge in [0, 0.05) is 6.54 Å². The molecule has 1 rings (SSSR count). The van der Waals surface area contributed by atoms with Crippen molar-refractivity contribution < 1.29 is 4.79 Å². The molecule has 0 aliphatic carbocycles. The van der Waals surface area contributed by atoms with E-state index in [4.69, 9.17) is 0 Å². The summed E-state index contributed by atoms with van der Waals surface area (Å²) in [5, 5.41) is 2.74. The minimum atomic E-state index is -0.0640. The molecule has 3 heteroatoms. The van der Waals surface area contributed by atoms with Gasteiger partial charge in [0.05, 0.1) is 5.75 Å². The van der Waals surface area contributed by atoms with E-state index >= 15 is 0 Å². The number of hydrogen-bond acceptors (Lipinski definition) is 1. The zero-order chi connectivity index (χ0) is 9.52. The van der Waals surface area contributed by atoms with Crippen LogP contribution in [0.15, 0.2) is 30.3 Å². The highest BCUT2D eigenvalue weighted by Gasteiger charge is 1.96. The zero-order valence-corrected chi connectivity index (χ0v) is 8.14. The Morgan fingerprint density at radius 3 is 2.62 bits per heavy atom. The van der Waals surface area contributed by atoms with Crippen LogP contribution < -0.4 is 5.32 Å². The van der Waals surface area contributed by atoms with E-state index in [9.17, 15) is 4.79 Å². The molecule has 1 aromatic rings. The van der Waals surface area contributed by atoms with Crippen molar-refractivity contribution in [2.24, 2.45) is 0 Å². The van der Waals surface area contributed by atoms with Crippen LogP contribution in [0.1, 0.15) is 5.56 Å². The van der Waals surface area contributed by atoms with Crippen molar-refractivity contribution in [2.45, 2.75) is 6.42 Å². The predicted molar refractivity (Wildman–Crippen MR) is 55.6 cm³/mol. The molecule has 0 atom stereocenters. The molecule has 69 valence electrons. The highest BCUT2D eigenvalue weighted by molar-refractivity contribution is 7.81. The minimum Gasteiger partial charge on any atom is -0.355 e. The van der Waals surface area contributed by atoms with Crippen molar-refractivity contribution in [1.82, 2.24) is 5.32 Å². The Morgan fingerprint density at radius 1 is 1.31 bits per heavy atom. The predicted octanol–water partition coefficient (Wildman–Crippen LogP) is 1.54. The van der Waals surface area contributed by atoms with E-state index in [0.717, 1.165) is 6.42 Å². The molecular formula is C10H12NOS. The fourth-order valence-electron chi connectivity index (χ4n) is 1.04. The van der Waals surface area contributed by atoms with Crippen LogP contribution >= 0.6 is 12.6 Å². The highest BCUT2D eigenvalue weighted by Crippen LogP contribution is 1.97. The molecule has 0 unspecified atom stereocenters. The summed E-state index contributed by atoms with van der Waals surface area (Å²) in [4.78, 5) is 10.8. The normalized spacial score (nSPS) is 9.62. The van der Waals surface area contributed by atoms with Gasteiger partial charge in [0.15, 0.2) is 0 Å². The van der Waals surface area contributed by atoms with Gasteiger partial charge in [-0.3, -0.25) is 4.79 Å². The maximum Gasteiger partial charge on any atom is 0.230 e. The first-order valence-electron chi connectivity index (χ1n) is 4.21. The first-order chi connectivity index (χ1) is 6.33. The summed E-state index contributed by atoms with van der Waals surface area (Å²) >= 11 is 4.59. The topological polar surface area (TPSA) is 29.1 Å². The van der Waals surface area contributed by atoms with Crippen molar-refractivity contribution in [3.8, 4) is 0 Å². The molecule has 1 radical (unpaired) electrons. The summed E-state index contributed by atoms with van der Waals surface area (Å²) in [6.45, 7) is 0.666. The van der Waals surface area contributed by atoms with Crippen molar-refractivity contribution >= 4 is 18.5 Å². The van der Waals surface area contributed by atoms with E-state index in [1.807, 2.05) is 30.3 Å². The molecule has 1 aromatic carbocycles. The summed E-state index contributed by atoms with van der Waals surface area (Å²) < 4.78 is 0. The SMILES string of the molecule is O=C(C[S])NCCc1ccccc1. The lowest BCUT2D eigenvalue weighted by Crippen LogP contribution is -2.26. The maximum atomic E-state index is 10.8. The number of benzene rings is 1. The first kappa shape index (κ1) is 10.1. The molecule has 1 N–H and O–H groups in total. The van der Waals surface area contributed by atoms with Gasteiger partial charge in [-0.15, -0.1) is 0 Å². The molecular weight excluding hydrogens is 182 g/mol. The Hall–Kier alpha value is -0.960. The Morgan fingerprint density at radius 2 is 2.00 bits per heavy atom. The van der Waals surface area contributed by atoms with Gasteiger partial charge in [0.1, 0.15) is 0 Å². The molecule has 0 heterocycles. The quantitative estimate of drug-likeness (QED) is 0.774. The van der Waals surface area contributed by atoms with Crippen LogP contribution in [0.25, 0.3) is 0 Å². The Labute approximate surface area is 83.8 Å². The minimum absolute atomic E-state index is 0.0640. The fraction of sp³-hybridized carbons (Fsp3) is 0.300. The number of carbonyl (C=O) groups excluding carboxylic acids is 1. The third kappa shape index (κ3) is 3.99. The standard InChI is InChI=1S/C10H12NOS/c12-10(8-13)11-7-6-9-4-2-1-3-5-9/h1-5H,6-8H2,(H,11,12). The summed E-state index contributed by atoms with van der Waals surface area (Å²) in [5.41, 5.74) is 1.23. The van der Waals surface area contributed by atoms with Crippen molar-refractivity contribution in [1.29, 1.82) is 0 Å². The highest BCUT2D eigenvalue weighted by atomic mass is 32.1. The van der Waals surface area contributed by atoms with Crippen molar-refractivity contribution in [2.75, 3.05) is 12.3 Å². The van der Waals surface area contributed by atoms with Gasteiger partial charge in [-0.05, 0) is 12.0 Å². The largest absolute Gasteiger partial charge is 0.355 e. The third-order valence-electron chi connectivity index (χ3n) is 1.71. The molecule has 0 aliphatic heterocycles. The van der Waals surface area contributed by atoms with Gasteiger partial charge in [0.25, 0.3) is 0 Å². The second-order valence-electron chi connectivity index (χ2n) is 2.73. The number of carbonyl (C=O) groups is 1. The monoisotopic (exact) mass is 194 g/mol. The third-order valence-corrected chi connectivity index (χ3v) is 1.97. The second-order valence-corrected chi connectivity index (χ2v) is 3.02. The molecule has 0 bridgehead atoms. The maximum absolute atomic E-state index is 10.8. The van der Waals surface area contributed by atoms with Crippen LogP contribution in [0.5, 0.6) is 0 Å². The van der Waals surface area contributed by atoms with E-state index in [1.54, 1.807) is 0 Å². The van der Waals surface area contributed by atoms with Crippen LogP contribution in [0.2, 0.25) is 0 Å². The molecule has 13 heavy (non-hydrogen) atoms. The van der Waals surface area contributed by atoms with E-state index in [2.05, 4.69) is 17.9 Å². The lowest BCUT2D eigenvalue weighted by atomic mass is 10.1. The molecule has 0 saturated carbocycles. The Balaban J connectivity index is 2.24. The van der Waals surface area contributed by atoms with Gasteiger partial charge in [0.2, 0.25) is 5.91 Å². The molecule has 0 fully saturated rings. The molecule has 0 saturated heterocycles. The summed E-state index contributed by atoms with van der Waals surface area (Å²) in [6, 6.07) is 10.0. The van der Waals surface area contributed by atoms with Gasteiger partial charge in [-0.2, -0.15) is 0 Å². The fourth-order valence-corrected chi connectivity index (χ4v) is 1.14. The Bertz CT molecular complexity index is 261. The molecule has 0 aliphatic rings. The second kappa shape index (κ2) is 5.65. The van der Waals surface area contributed by atoms with E-state index in [-0.39, 0.29) is 11.7 Å². The number of amides is 1.